The van der Waals surface area contributed by atoms with Crippen LogP contribution in [0.5, 0.6) is 0 Å². The molecule has 3 rings (SSSR count). The number of piperidine rings is 1. The molecule has 4 unspecified atom stereocenters. The van der Waals surface area contributed by atoms with Gasteiger partial charge in [-0.05, 0) is 57.9 Å². The first-order chi connectivity index (χ1) is 10.9. The zero-order chi connectivity index (χ0) is 16.4. The molecule has 2 bridgehead atoms. The van der Waals surface area contributed by atoms with Crippen molar-refractivity contribution in [2.24, 2.45) is 5.92 Å². The Morgan fingerprint density at radius 3 is 2.65 bits per heavy atom. The molecular weight excluding hydrogens is 288 g/mol. The van der Waals surface area contributed by atoms with Gasteiger partial charge < -0.3 is 15.4 Å². The molecular formula is C19H28N2O2. The van der Waals surface area contributed by atoms with Crippen LogP contribution in [0.25, 0.3) is 0 Å². The van der Waals surface area contributed by atoms with Gasteiger partial charge in [-0.3, -0.25) is 0 Å². The summed E-state index contributed by atoms with van der Waals surface area (Å²) in [5.74, 6) is 0.660. The second-order valence-electron chi connectivity index (χ2n) is 7.97. The molecule has 2 N–H and O–H groups in total. The average Bonchev–Trinajstić information content (AvgIpc) is 2.72. The molecule has 4 atom stereocenters. The fraction of sp³-hybridized carbons (Fsp3) is 0.632. The second kappa shape index (κ2) is 6.52. The van der Waals surface area contributed by atoms with Gasteiger partial charge in [-0.2, -0.15) is 0 Å². The first-order valence-corrected chi connectivity index (χ1v) is 8.68. The van der Waals surface area contributed by atoms with E-state index in [4.69, 9.17) is 4.74 Å². The van der Waals surface area contributed by atoms with Crippen LogP contribution in [0.1, 0.15) is 45.6 Å². The number of carbonyl (C=O) groups excluding carboxylic acids is 1. The van der Waals surface area contributed by atoms with E-state index in [1.807, 2.05) is 20.8 Å². The highest BCUT2D eigenvalue weighted by molar-refractivity contribution is 5.68. The smallest absolute Gasteiger partial charge is 0.407 e. The van der Waals surface area contributed by atoms with Crippen LogP contribution in [0.3, 0.4) is 0 Å². The Balaban J connectivity index is 1.54. The van der Waals surface area contributed by atoms with Crippen LogP contribution >= 0.6 is 0 Å². The van der Waals surface area contributed by atoms with E-state index >= 15 is 0 Å². The Morgan fingerprint density at radius 2 is 1.96 bits per heavy atom. The van der Waals surface area contributed by atoms with Crippen molar-refractivity contribution in [1.29, 1.82) is 0 Å². The van der Waals surface area contributed by atoms with Gasteiger partial charge in [0, 0.05) is 18.1 Å². The normalized spacial score (nSPS) is 30.0. The number of alkyl carbamates (subject to hydrolysis) is 1. The highest BCUT2D eigenvalue weighted by Crippen LogP contribution is 2.34. The summed E-state index contributed by atoms with van der Waals surface area (Å²) in [6, 6.07) is 11.9. The summed E-state index contributed by atoms with van der Waals surface area (Å²) in [6.07, 6.45) is 4.03. The summed E-state index contributed by atoms with van der Waals surface area (Å²) in [4.78, 5) is 12.0. The van der Waals surface area contributed by atoms with Crippen molar-refractivity contribution in [1.82, 2.24) is 10.6 Å². The molecule has 4 heteroatoms. The zero-order valence-electron chi connectivity index (χ0n) is 14.3. The van der Waals surface area contributed by atoms with Crippen molar-refractivity contribution in [2.45, 2.75) is 70.2 Å². The highest BCUT2D eigenvalue weighted by atomic mass is 16.6. The van der Waals surface area contributed by atoms with Gasteiger partial charge in [-0.15, -0.1) is 0 Å². The predicted molar refractivity (Wildman–Crippen MR) is 91.4 cm³/mol. The minimum atomic E-state index is -0.439. The van der Waals surface area contributed by atoms with Crippen LogP contribution in [-0.4, -0.2) is 29.8 Å². The number of hydrogen-bond donors (Lipinski definition) is 2. The molecule has 0 aliphatic carbocycles. The Hall–Kier alpha value is -1.55. The topological polar surface area (TPSA) is 50.4 Å². The van der Waals surface area contributed by atoms with Crippen LogP contribution in [0.2, 0.25) is 0 Å². The molecule has 1 aromatic rings. The lowest BCUT2D eigenvalue weighted by Crippen LogP contribution is -2.49. The predicted octanol–water partition coefficient (Wildman–Crippen LogP) is 3.26. The molecule has 126 valence electrons. The Labute approximate surface area is 139 Å². The Kier molecular flexibility index (Phi) is 4.62. The second-order valence-corrected chi connectivity index (χ2v) is 7.97. The quantitative estimate of drug-likeness (QED) is 0.900. The zero-order valence-corrected chi connectivity index (χ0v) is 14.3. The number of nitrogens with one attached hydrogen (secondary N) is 2. The summed E-state index contributed by atoms with van der Waals surface area (Å²) in [5, 5.41) is 6.78. The number of carbonyl (C=O) groups is 1. The number of hydrogen-bond acceptors (Lipinski definition) is 3. The van der Waals surface area contributed by atoms with Crippen molar-refractivity contribution in [3.8, 4) is 0 Å². The van der Waals surface area contributed by atoms with Crippen molar-refractivity contribution in [3.63, 3.8) is 0 Å². The molecule has 0 saturated carbocycles. The lowest BCUT2D eigenvalue weighted by Gasteiger charge is -2.31. The number of rotatable bonds is 3. The Morgan fingerprint density at radius 1 is 1.22 bits per heavy atom. The lowest BCUT2D eigenvalue weighted by atomic mass is 9.90. The van der Waals surface area contributed by atoms with E-state index in [1.165, 1.54) is 12.0 Å². The lowest BCUT2D eigenvalue weighted by molar-refractivity contribution is 0.0488. The first-order valence-electron chi connectivity index (χ1n) is 8.68. The molecule has 2 aliphatic rings. The van der Waals surface area contributed by atoms with Gasteiger partial charge >= 0.3 is 6.09 Å². The molecule has 2 fully saturated rings. The number of fused-ring (bicyclic) bond motifs is 2. The van der Waals surface area contributed by atoms with Crippen molar-refractivity contribution in [3.05, 3.63) is 35.9 Å². The van der Waals surface area contributed by atoms with Gasteiger partial charge in [0.2, 0.25) is 0 Å². The maximum atomic E-state index is 12.0. The molecule has 4 nitrogen and oxygen atoms in total. The molecule has 0 radical (unpaired) electrons. The average molecular weight is 316 g/mol. The van der Waals surface area contributed by atoms with Gasteiger partial charge in [0.05, 0.1) is 0 Å². The van der Waals surface area contributed by atoms with Crippen molar-refractivity contribution < 1.29 is 9.53 Å². The summed E-state index contributed by atoms with van der Waals surface area (Å²) in [5.41, 5.74) is 0.967. The summed E-state index contributed by atoms with van der Waals surface area (Å²) in [7, 11) is 0. The number of benzene rings is 1. The van der Waals surface area contributed by atoms with Gasteiger partial charge in [-0.1, -0.05) is 30.3 Å². The largest absolute Gasteiger partial charge is 0.444 e. The molecule has 2 saturated heterocycles. The molecule has 0 spiro atoms. The van der Waals surface area contributed by atoms with Crippen LogP contribution in [-0.2, 0) is 11.2 Å². The Bertz CT molecular complexity index is 538. The molecule has 2 aliphatic heterocycles. The highest BCUT2D eigenvalue weighted by Gasteiger charge is 2.40. The molecule has 1 aromatic carbocycles. The maximum Gasteiger partial charge on any atom is 0.407 e. The monoisotopic (exact) mass is 316 g/mol. The van der Waals surface area contributed by atoms with Crippen LogP contribution in [0, 0.1) is 5.92 Å². The van der Waals surface area contributed by atoms with Gasteiger partial charge in [-0.25, -0.2) is 4.79 Å². The number of amides is 1. The van der Waals surface area contributed by atoms with Gasteiger partial charge in [0.15, 0.2) is 0 Å². The third-order valence-corrected chi connectivity index (χ3v) is 4.78. The fourth-order valence-corrected chi connectivity index (χ4v) is 3.94. The van der Waals surface area contributed by atoms with E-state index < -0.39 is 5.60 Å². The van der Waals surface area contributed by atoms with E-state index in [0.717, 1.165) is 19.3 Å². The minimum Gasteiger partial charge on any atom is -0.444 e. The third-order valence-electron chi connectivity index (χ3n) is 4.78. The summed E-state index contributed by atoms with van der Waals surface area (Å²) in [6.45, 7) is 5.69. The summed E-state index contributed by atoms with van der Waals surface area (Å²) >= 11 is 0. The van der Waals surface area contributed by atoms with E-state index in [9.17, 15) is 4.79 Å². The van der Waals surface area contributed by atoms with Crippen molar-refractivity contribution in [2.75, 3.05) is 0 Å². The van der Waals surface area contributed by atoms with Gasteiger partial charge in [0.25, 0.3) is 0 Å². The van der Waals surface area contributed by atoms with Crippen molar-refractivity contribution >= 4 is 6.09 Å². The van der Waals surface area contributed by atoms with E-state index in [2.05, 4.69) is 41.0 Å². The van der Waals surface area contributed by atoms with E-state index in [-0.39, 0.29) is 12.1 Å². The number of ether oxygens (including phenoxy) is 1. The van der Waals surface area contributed by atoms with Crippen LogP contribution < -0.4 is 10.6 Å². The third kappa shape index (κ3) is 4.47. The minimum absolute atomic E-state index is 0.224. The van der Waals surface area contributed by atoms with Gasteiger partial charge in [0.1, 0.15) is 5.60 Å². The van der Waals surface area contributed by atoms with E-state index in [1.54, 1.807) is 0 Å². The maximum absolute atomic E-state index is 12.0. The molecule has 2 heterocycles. The standard InChI is InChI=1S/C19H28N2O2/c1-19(2,3)23-18(22)21-16-11-15-10-14(17(12-16)20-15)9-13-7-5-4-6-8-13/h4-8,14-17,20H,9-12H2,1-3H3,(H,21,22). The fourth-order valence-electron chi connectivity index (χ4n) is 3.94. The molecule has 0 aromatic heterocycles. The van der Waals surface area contributed by atoms with Crippen LogP contribution in [0.15, 0.2) is 30.3 Å². The van der Waals surface area contributed by atoms with E-state index in [0.29, 0.717) is 18.0 Å². The van der Waals surface area contributed by atoms with Crippen LogP contribution in [0.4, 0.5) is 4.79 Å². The molecule has 1 amide bonds. The molecule has 23 heavy (non-hydrogen) atoms. The summed E-state index contributed by atoms with van der Waals surface area (Å²) < 4.78 is 5.38. The SMILES string of the molecule is CC(C)(C)OC(=O)NC1CC2CC(Cc3ccccc3)C(C1)N2. The first kappa shape index (κ1) is 16.3.